The molecule has 102 valence electrons. The molecule has 4 heteroatoms. The summed E-state index contributed by atoms with van der Waals surface area (Å²) in [6, 6.07) is 5.43. The lowest BCUT2D eigenvalue weighted by Crippen LogP contribution is -2.34. The highest BCUT2D eigenvalue weighted by atomic mass is 16.5. The van der Waals surface area contributed by atoms with Crippen molar-refractivity contribution < 1.29 is 19.3 Å². The largest absolute Gasteiger partial charge is 0.493 e. The van der Waals surface area contributed by atoms with Crippen molar-refractivity contribution in [3.63, 3.8) is 0 Å². The normalized spacial score (nSPS) is 11.2. The Morgan fingerprint density at radius 1 is 1.06 bits per heavy atom. The van der Waals surface area contributed by atoms with Crippen LogP contribution >= 0.6 is 0 Å². The molecule has 0 aromatic heterocycles. The average Bonchev–Trinajstić information content (AvgIpc) is 2.44. The van der Waals surface area contributed by atoms with Crippen LogP contribution in [0.3, 0.4) is 0 Å². The molecule has 0 radical (unpaired) electrons. The van der Waals surface area contributed by atoms with E-state index in [0.29, 0.717) is 30.1 Å². The Morgan fingerprint density at radius 3 is 1.94 bits per heavy atom. The molecule has 0 saturated heterocycles. The van der Waals surface area contributed by atoms with Gasteiger partial charge in [0.25, 0.3) is 0 Å². The van der Waals surface area contributed by atoms with Crippen LogP contribution in [0.25, 0.3) is 0 Å². The van der Waals surface area contributed by atoms with Crippen LogP contribution in [-0.2, 0) is 0 Å². The number of hydrogen-bond donors (Lipinski definition) is 1. The van der Waals surface area contributed by atoms with Gasteiger partial charge < -0.3 is 19.3 Å². The van der Waals surface area contributed by atoms with Crippen molar-refractivity contribution in [2.45, 2.75) is 32.3 Å². The lowest BCUT2D eigenvalue weighted by molar-refractivity contribution is -0.0125. The van der Waals surface area contributed by atoms with E-state index in [9.17, 15) is 5.11 Å². The van der Waals surface area contributed by atoms with Crippen molar-refractivity contribution in [2.75, 3.05) is 20.8 Å². The molecule has 18 heavy (non-hydrogen) atoms. The Labute approximate surface area is 108 Å². The van der Waals surface area contributed by atoms with Gasteiger partial charge in [0.2, 0.25) is 5.75 Å². The third-order valence-electron chi connectivity index (χ3n) is 3.18. The molecule has 0 amide bonds. The van der Waals surface area contributed by atoms with Gasteiger partial charge in [-0.15, -0.1) is 0 Å². The van der Waals surface area contributed by atoms with E-state index in [1.807, 2.05) is 19.9 Å². The van der Waals surface area contributed by atoms with Crippen LogP contribution in [-0.4, -0.2) is 31.5 Å². The van der Waals surface area contributed by atoms with E-state index in [0.717, 1.165) is 0 Å². The van der Waals surface area contributed by atoms with Crippen LogP contribution < -0.4 is 14.2 Å². The number of para-hydroxylation sites is 1. The van der Waals surface area contributed by atoms with Crippen LogP contribution in [0.5, 0.6) is 17.2 Å². The lowest BCUT2D eigenvalue weighted by Gasteiger charge is -2.26. The molecule has 0 atom stereocenters. The average molecular weight is 254 g/mol. The second-order valence-electron chi connectivity index (χ2n) is 4.21. The highest BCUT2D eigenvalue weighted by Gasteiger charge is 2.24. The minimum atomic E-state index is -0.814. The van der Waals surface area contributed by atoms with Gasteiger partial charge in [-0.3, -0.25) is 0 Å². The van der Waals surface area contributed by atoms with Gasteiger partial charge in [-0.2, -0.15) is 0 Å². The van der Waals surface area contributed by atoms with Crippen molar-refractivity contribution in [3.05, 3.63) is 18.2 Å². The third-order valence-corrected chi connectivity index (χ3v) is 3.18. The summed E-state index contributed by atoms with van der Waals surface area (Å²) in [7, 11) is 3.15. The van der Waals surface area contributed by atoms with Crippen molar-refractivity contribution in [2.24, 2.45) is 0 Å². The lowest BCUT2D eigenvalue weighted by atomic mass is 9.99. The summed E-state index contributed by atoms with van der Waals surface area (Å²) in [4.78, 5) is 0. The highest BCUT2D eigenvalue weighted by molar-refractivity contribution is 5.51. The number of hydrogen-bond acceptors (Lipinski definition) is 4. The Balaban J connectivity index is 2.89. The predicted molar refractivity (Wildman–Crippen MR) is 70.6 cm³/mol. The molecule has 0 spiro atoms. The van der Waals surface area contributed by atoms with E-state index in [2.05, 4.69) is 0 Å². The molecule has 4 nitrogen and oxygen atoms in total. The maximum Gasteiger partial charge on any atom is 0.203 e. The summed E-state index contributed by atoms with van der Waals surface area (Å²) in [5.41, 5.74) is -0.814. The molecule has 1 rings (SSSR count). The molecular weight excluding hydrogens is 232 g/mol. The van der Waals surface area contributed by atoms with Crippen LogP contribution in [0.15, 0.2) is 18.2 Å². The van der Waals surface area contributed by atoms with Gasteiger partial charge in [-0.25, -0.2) is 0 Å². The maximum atomic E-state index is 10.2. The first-order valence-corrected chi connectivity index (χ1v) is 6.16. The molecule has 1 N–H and O–H groups in total. The molecular formula is C14H22O4. The summed E-state index contributed by atoms with van der Waals surface area (Å²) in [5.74, 6) is 1.73. The molecule has 0 heterocycles. The molecule has 1 aromatic rings. The van der Waals surface area contributed by atoms with E-state index in [1.54, 1.807) is 26.4 Å². The summed E-state index contributed by atoms with van der Waals surface area (Å²) < 4.78 is 16.2. The van der Waals surface area contributed by atoms with Gasteiger partial charge in [0.1, 0.15) is 6.61 Å². The summed E-state index contributed by atoms with van der Waals surface area (Å²) in [5, 5.41) is 10.2. The molecule has 0 bridgehead atoms. The minimum absolute atomic E-state index is 0.219. The van der Waals surface area contributed by atoms with Gasteiger partial charge in [-0.1, -0.05) is 19.9 Å². The molecule has 1 aromatic carbocycles. The second-order valence-corrected chi connectivity index (χ2v) is 4.21. The summed E-state index contributed by atoms with van der Waals surface area (Å²) in [6.45, 7) is 4.09. The van der Waals surface area contributed by atoms with Crippen LogP contribution in [0.4, 0.5) is 0 Å². The van der Waals surface area contributed by atoms with E-state index >= 15 is 0 Å². The Kier molecular flexibility index (Phi) is 5.28. The molecule has 0 aliphatic heterocycles. The topological polar surface area (TPSA) is 47.9 Å². The number of methoxy groups -OCH3 is 2. The predicted octanol–water partition coefficient (Wildman–Crippen LogP) is 2.63. The Bertz CT molecular complexity index is 350. The first-order chi connectivity index (χ1) is 8.60. The van der Waals surface area contributed by atoms with Crippen molar-refractivity contribution in [1.82, 2.24) is 0 Å². The standard InChI is InChI=1S/C14H22O4/c1-5-14(15,6-2)10-18-13-11(16-3)8-7-9-12(13)17-4/h7-9,15H,5-6,10H2,1-4H3. The first kappa shape index (κ1) is 14.6. The van der Waals surface area contributed by atoms with Gasteiger partial charge in [-0.05, 0) is 25.0 Å². The first-order valence-electron chi connectivity index (χ1n) is 6.16. The van der Waals surface area contributed by atoms with Gasteiger partial charge in [0, 0.05) is 0 Å². The zero-order valence-corrected chi connectivity index (χ0v) is 11.5. The smallest absolute Gasteiger partial charge is 0.203 e. The quantitative estimate of drug-likeness (QED) is 0.812. The summed E-state index contributed by atoms with van der Waals surface area (Å²) in [6.07, 6.45) is 1.28. The van der Waals surface area contributed by atoms with Crippen LogP contribution in [0.1, 0.15) is 26.7 Å². The van der Waals surface area contributed by atoms with E-state index in [1.165, 1.54) is 0 Å². The highest BCUT2D eigenvalue weighted by Crippen LogP contribution is 2.37. The van der Waals surface area contributed by atoms with Crippen LogP contribution in [0.2, 0.25) is 0 Å². The Morgan fingerprint density at radius 2 is 1.56 bits per heavy atom. The monoisotopic (exact) mass is 254 g/mol. The SMILES string of the molecule is CCC(O)(CC)COc1c(OC)cccc1OC. The van der Waals surface area contributed by atoms with Gasteiger partial charge in [0.15, 0.2) is 11.5 Å². The maximum absolute atomic E-state index is 10.2. The zero-order valence-electron chi connectivity index (χ0n) is 11.5. The van der Waals surface area contributed by atoms with E-state index in [-0.39, 0.29) is 6.61 Å². The van der Waals surface area contributed by atoms with E-state index < -0.39 is 5.60 Å². The van der Waals surface area contributed by atoms with Crippen molar-refractivity contribution in [1.29, 1.82) is 0 Å². The van der Waals surface area contributed by atoms with Gasteiger partial charge >= 0.3 is 0 Å². The minimum Gasteiger partial charge on any atom is -0.493 e. The molecule has 0 aliphatic rings. The fourth-order valence-electron chi connectivity index (χ4n) is 1.62. The van der Waals surface area contributed by atoms with E-state index in [4.69, 9.17) is 14.2 Å². The van der Waals surface area contributed by atoms with Gasteiger partial charge in [0.05, 0.1) is 19.8 Å². The fraction of sp³-hybridized carbons (Fsp3) is 0.571. The molecule has 0 saturated carbocycles. The third kappa shape index (κ3) is 3.29. The van der Waals surface area contributed by atoms with Crippen molar-refractivity contribution in [3.8, 4) is 17.2 Å². The summed E-state index contributed by atoms with van der Waals surface area (Å²) >= 11 is 0. The molecule has 0 aliphatic carbocycles. The number of ether oxygens (including phenoxy) is 3. The van der Waals surface area contributed by atoms with Crippen LogP contribution in [0, 0.1) is 0 Å². The molecule has 0 unspecified atom stereocenters. The molecule has 0 fully saturated rings. The van der Waals surface area contributed by atoms with Crippen molar-refractivity contribution >= 4 is 0 Å². The zero-order chi connectivity index (χ0) is 13.6. The Hall–Kier alpha value is -1.42. The number of rotatable bonds is 7. The second kappa shape index (κ2) is 6.50. The fourth-order valence-corrected chi connectivity index (χ4v) is 1.62. The number of benzene rings is 1. The number of aliphatic hydroxyl groups is 1.